The largest absolute Gasteiger partial charge is 0.345 e. The molecular formula is C17H24N4O2. The third kappa shape index (κ3) is 2.83. The predicted octanol–water partition coefficient (Wildman–Crippen LogP) is 2.51. The number of hydrogen-bond acceptors (Lipinski definition) is 5. The molecule has 124 valence electrons. The van der Waals surface area contributed by atoms with E-state index >= 15 is 0 Å². The fourth-order valence-corrected chi connectivity index (χ4v) is 2.64. The van der Waals surface area contributed by atoms with Crippen LogP contribution in [-0.4, -0.2) is 28.1 Å². The quantitative estimate of drug-likeness (QED) is 0.884. The second-order valence-corrected chi connectivity index (χ2v) is 7.05. The number of nitrogens with one attached hydrogen (secondary N) is 1. The third-order valence-electron chi connectivity index (χ3n) is 4.97. The number of rotatable bonds is 5. The van der Waals surface area contributed by atoms with Crippen LogP contribution in [0.15, 0.2) is 10.6 Å². The van der Waals surface area contributed by atoms with Gasteiger partial charge in [0.1, 0.15) is 0 Å². The Morgan fingerprint density at radius 3 is 2.78 bits per heavy atom. The Balaban J connectivity index is 2.03. The summed E-state index contributed by atoms with van der Waals surface area (Å²) in [6, 6.07) is 1.89. The Bertz CT molecular complexity index is 748. The Kier molecular flexibility index (Phi) is 3.88. The molecule has 3 rings (SSSR count). The van der Waals surface area contributed by atoms with Crippen LogP contribution in [0.25, 0.3) is 11.1 Å². The van der Waals surface area contributed by atoms with Gasteiger partial charge in [0, 0.05) is 18.2 Å². The van der Waals surface area contributed by atoms with Crippen molar-refractivity contribution in [3.05, 3.63) is 23.0 Å². The number of aryl methyl sites for hydroxylation is 1. The fraction of sp³-hybridized carbons (Fsp3) is 0.588. The van der Waals surface area contributed by atoms with E-state index in [2.05, 4.69) is 29.3 Å². The number of aromatic nitrogens is 2. The molecule has 1 fully saturated rings. The lowest BCUT2D eigenvalue weighted by atomic mass is 9.88. The number of nitrogens with zero attached hydrogens (tertiary/aromatic N) is 2. The maximum atomic E-state index is 12.9. The first-order chi connectivity index (χ1) is 10.9. The standard InChI is InChI=1S/C17H24N4O2/c1-9(2)17(4,8-18)20-15(22)12-7-13(11-5-6-11)19-16-14(12)10(3)21-23-16/h7,9,11H,5-6,8,18H2,1-4H3,(H,20,22). The van der Waals surface area contributed by atoms with Gasteiger partial charge < -0.3 is 15.6 Å². The minimum atomic E-state index is -0.461. The number of nitrogens with two attached hydrogens (primary N) is 1. The molecule has 2 aromatic rings. The molecule has 6 heteroatoms. The van der Waals surface area contributed by atoms with E-state index in [0.717, 1.165) is 18.5 Å². The lowest BCUT2D eigenvalue weighted by Crippen LogP contribution is -2.55. The van der Waals surface area contributed by atoms with Crippen molar-refractivity contribution in [1.29, 1.82) is 0 Å². The van der Waals surface area contributed by atoms with Gasteiger partial charge in [0.05, 0.1) is 22.2 Å². The van der Waals surface area contributed by atoms with Gasteiger partial charge in [-0.15, -0.1) is 0 Å². The van der Waals surface area contributed by atoms with E-state index < -0.39 is 5.54 Å². The topological polar surface area (TPSA) is 94.0 Å². The molecule has 1 unspecified atom stereocenters. The summed E-state index contributed by atoms with van der Waals surface area (Å²) >= 11 is 0. The summed E-state index contributed by atoms with van der Waals surface area (Å²) in [6.07, 6.45) is 2.22. The molecule has 0 saturated heterocycles. The average Bonchev–Trinajstić information content (AvgIpc) is 3.30. The SMILES string of the molecule is Cc1noc2nc(C3CC3)cc(C(=O)NC(C)(CN)C(C)C)c12. The zero-order valence-corrected chi connectivity index (χ0v) is 14.1. The molecule has 0 bridgehead atoms. The maximum Gasteiger partial charge on any atom is 0.259 e. The first kappa shape index (κ1) is 15.9. The summed E-state index contributed by atoms with van der Waals surface area (Å²) < 4.78 is 5.30. The number of carbonyl (C=O) groups is 1. The van der Waals surface area contributed by atoms with Crippen LogP contribution in [0.2, 0.25) is 0 Å². The predicted molar refractivity (Wildman–Crippen MR) is 88.3 cm³/mol. The number of hydrogen-bond donors (Lipinski definition) is 2. The van der Waals surface area contributed by atoms with E-state index in [9.17, 15) is 4.79 Å². The van der Waals surface area contributed by atoms with Gasteiger partial charge >= 0.3 is 0 Å². The average molecular weight is 316 g/mol. The summed E-state index contributed by atoms with van der Waals surface area (Å²) in [4.78, 5) is 17.4. The molecule has 1 saturated carbocycles. The number of amides is 1. The molecule has 2 heterocycles. The van der Waals surface area contributed by atoms with Crippen LogP contribution < -0.4 is 11.1 Å². The van der Waals surface area contributed by atoms with E-state index in [1.165, 1.54) is 0 Å². The molecule has 6 nitrogen and oxygen atoms in total. The lowest BCUT2D eigenvalue weighted by molar-refractivity contribution is 0.0884. The van der Waals surface area contributed by atoms with E-state index in [-0.39, 0.29) is 11.8 Å². The minimum absolute atomic E-state index is 0.146. The maximum absolute atomic E-state index is 12.9. The van der Waals surface area contributed by atoms with Crippen molar-refractivity contribution in [3.63, 3.8) is 0 Å². The van der Waals surface area contributed by atoms with Gasteiger partial charge in [0.15, 0.2) is 0 Å². The van der Waals surface area contributed by atoms with Crippen LogP contribution in [0, 0.1) is 12.8 Å². The van der Waals surface area contributed by atoms with Gasteiger partial charge in [-0.2, -0.15) is 0 Å². The van der Waals surface area contributed by atoms with Crippen LogP contribution in [-0.2, 0) is 0 Å². The fourth-order valence-electron chi connectivity index (χ4n) is 2.64. The number of fused-ring (bicyclic) bond motifs is 1. The van der Waals surface area contributed by atoms with Crippen molar-refractivity contribution in [1.82, 2.24) is 15.5 Å². The zero-order valence-electron chi connectivity index (χ0n) is 14.1. The molecule has 1 atom stereocenters. The monoisotopic (exact) mass is 316 g/mol. The Hall–Kier alpha value is -1.95. The summed E-state index contributed by atoms with van der Waals surface area (Å²) in [5, 5.41) is 7.75. The van der Waals surface area contributed by atoms with Gasteiger partial charge in [0.25, 0.3) is 11.6 Å². The zero-order chi connectivity index (χ0) is 16.8. The van der Waals surface area contributed by atoms with E-state index in [1.807, 2.05) is 19.9 Å². The number of carbonyl (C=O) groups excluding carboxylic acids is 1. The minimum Gasteiger partial charge on any atom is -0.345 e. The van der Waals surface area contributed by atoms with Crippen molar-refractivity contribution in [2.45, 2.75) is 52.0 Å². The molecule has 3 N–H and O–H groups in total. The smallest absolute Gasteiger partial charge is 0.259 e. The normalized spacial score (nSPS) is 17.5. The van der Waals surface area contributed by atoms with Crippen LogP contribution in [0.1, 0.15) is 61.3 Å². The van der Waals surface area contributed by atoms with Crippen LogP contribution in [0.5, 0.6) is 0 Å². The molecule has 0 spiro atoms. The second-order valence-electron chi connectivity index (χ2n) is 7.05. The highest BCUT2D eigenvalue weighted by molar-refractivity contribution is 6.06. The highest BCUT2D eigenvalue weighted by atomic mass is 16.5. The summed E-state index contributed by atoms with van der Waals surface area (Å²) in [5.74, 6) is 0.509. The van der Waals surface area contributed by atoms with E-state index in [0.29, 0.717) is 34.8 Å². The van der Waals surface area contributed by atoms with Crippen molar-refractivity contribution in [2.24, 2.45) is 11.7 Å². The van der Waals surface area contributed by atoms with E-state index in [1.54, 1.807) is 0 Å². The van der Waals surface area contributed by atoms with Crippen LogP contribution in [0.4, 0.5) is 0 Å². The van der Waals surface area contributed by atoms with Crippen molar-refractivity contribution < 1.29 is 9.32 Å². The molecule has 1 aliphatic carbocycles. The second kappa shape index (κ2) is 5.60. The molecular weight excluding hydrogens is 292 g/mol. The molecule has 1 aliphatic rings. The Morgan fingerprint density at radius 2 is 2.22 bits per heavy atom. The van der Waals surface area contributed by atoms with Gasteiger partial charge in [-0.25, -0.2) is 4.98 Å². The Labute approximate surface area is 135 Å². The molecule has 2 aromatic heterocycles. The first-order valence-corrected chi connectivity index (χ1v) is 8.15. The summed E-state index contributed by atoms with van der Waals surface area (Å²) in [6.45, 7) is 8.27. The van der Waals surface area contributed by atoms with Crippen molar-refractivity contribution in [2.75, 3.05) is 6.54 Å². The van der Waals surface area contributed by atoms with E-state index in [4.69, 9.17) is 10.3 Å². The number of pyridine rings is 1. The lowest BCUT2D eigenvalue weighted by Gasteiger charge is -2.33. The summed E-state index contributed by atoms with van der Waals surface area (Å²) in [5.41, 5.74) is 8.04. The van der Waals surface area contributed by atoms with Crippen LogP contribution in [0.3, 0.4) is 0 Å². The van der Waals surface area contributed by atoms with Crippen molar-refractivity contribution in [3.8, 4) is 0 Å². The van der Waals surface area contributed by atoms with Crippen LogP contribution >= 0.6 is 0 Å². The molecule has 1 amide bonds. The first-order valence-electron chi connectivity index (χ1n) is 8.15. The highest BCUT2D eigenvalue weighted by Crippen LogP contribution is 2.40. The van der Waals surface area contributed by atoms with Gasteiger partial charge in [-0.3, -0.25) is 4.79 Å². The molecule has 0 aromatic carbocycles. The Morgan fingerprint density at radius 1 is 1.52 bits per heavy atom. The highest BCUT2D eigenvalue weighted by Gasteiger charge is 2.32. The van der Waals surface area contributed by atoms with Gasteiger partial charge in [-0.05, 0) is 38.7 Å². The molecule has 0 aliphatic heterocycles. The van der Waals surface area contributed by atoms with Gasteiger partial charge in [-0.1, -0.05) is 19.0 Å². The molecule has 0 radical (unpaired) electrons. The van der Waals surface area contributed by atoms with Gasteiger partial charge in [0.2, 0.25) is 0 Å². The molecule has 23 heavy (non-hydrogen) atoms. The summed E-state index contributed by atoms with van der Waals surface area (Å²) in [7, 11) is 0. The third-order valence-corrected chi connectivity index (χ3v) is 4.97. The van der Waals surface area contributed by atoms with Crippen molar-refractivity contribution >= 4 is 17.0 Å².